The number of nitrogens with zero attached hydrogens (tertiary/aromatic N) is 4. The Morgan fingerprint density at radius 3 is 2.60 bits per heavy atom. The Kier molecular flexibility index (Phi) is 5.60. The maximum absolute atomic E-state index is 12.2. The van der Waals surface area contributed by atoms with E-state index in [0.717, 1.165) is 43.6 Å². The topological polar surface area (TPSA) is 41.4 Å². The fourth-order valence-corrected chi connectivity index (χ4v) is 2.99. The Labute approximate surface area is 128 Å². The molecule has 0 spiro atoms. The van der Waals surface area contributed by atoms with Gasteiger partial charge in [0.05, 0.1) is 11.9 Å². The summed E-state index contributed by atoms with van der Waals surface area (Å²) in [6, 6.07) is 1.72. The molecular weight excluding hydrogens is 320 g/mol. The van der Waals surface area contributed by atoms with E-state index in [1.54, 1.807) is 10.7 Å². The van der Waals surface area contributed by atoms with Crippen LogP contribution in [0.25, 0.3) is 0 Å². The van der Waals surface area contributed by atoms with E-state index in [4.69, 9.17) is 0 Å². The van der Waals surface area contributed by atoms with Gasteiger partial charge in [-0.15, -0.1) is 0 Å². The molecule has 1 aromatic heterocycles. The maximum Gasteiger partial charge on any atom is 0.268 e. The standard InChI is InChI=1S/C14H23BrN4O/c1-3-12(9-15)11-19-14(20)8-13(10-16-19)18-6-4-17(2)5-7-18/h8,10,12H,3-7,9,11H2,1-2H3. The summed E-state index contributed by atoms with van der Waals surface area (Å²) in [5.41, 5.74) is 0.951. The zero-order valence-electron chi connectivity index (χ0n) is 12.3. The quantitative estimate of drug-likeness (QED) is 0.759. The molecule has 1 unspecified atom stereocenters. The average molecular weight is 343 g/mol. The van der Waals surface area contributed by atoms with Crippen molar-refractivity contribution in [3.05, 3.63) is 22.6 Å². The second-order valence-electron chi connectivity index (χ2n) is 5.45. The third-order valence-electron chi connectivity index (χ3n) is 3.95. The molecule has 1 fully saturated rings. The molecule has 5 nitrogen and oxygen atoms in total. The SMILES string of the molecule is CCC(CBr)Cn1ncc(N2CCN(C)CC2)cc1=O. The van der Waals surface area contributed by atoms with Gasteiger partial charge < -0.3 is 9.80 Å². The van der Waals surface area contributed by atoms with E-state index in [0.29, 0.717) is 12.5 Å². The summed E-state index contributed by atoms with van der Waals surface area (Å²) in [7, 11) is 2.12. The lowest BCUT2D eigenvalue weighted by Crippen LogP contribution is -2.45. The number of alkyl halides is 1. The Morgan fingerprint density at radius 1 is 1.35 bits per heavy atom. The lowest BCUT2D eigenvalue weighted by molar-refractivity contribution is 0.312. The molecule has 2 heterocycles. The van der Waals surface area contributed by atoms with Crippen LogP contribution in [0.4, 0.5) is 5.69 Å². The van der Waals surface area contributed by atoms with Crippen molar-refractivity contribution >= 4 is 21.6 Å². The number of piperazine rings is 1. The van der Waals surface area contributed by atoms with Crippen molar-refractivity contribution in [2.75, 3.05) is 43.5 Å². The van der Waals surface area contributed by atoms with Crippen LogP contribution in [0.3, 0.4) is 0 Å². The molecule has 0 aliphatic carbocycles. The summed E-state index contributed by atoms with van der Waals surface area (Å²) < 4.78 is 1.58. The van der Waals surface area contributed by atoms with Gasteiger partial charge in [0.2, 0.25) is 0 Å². The monoisotopic (exact) mass is 342 g/mol. The first kappa shape index (κ1) is 15.5. The normalized spacial score (nSPS) is 18.2. The van der Waals surface area contributed by atoms with E-state index < -0.39 is 0 Å². The van der Waals surface area contributed by atoms with Crippen molar-refractivity contribution in [1.82, 2.24) is 14.7 Å². The third-order valence-corrected chi connectivity index (χ3v) is 4.87. The lowest BCUT2D eigenvalue weighted by Gasteiger charge is -2.33. The van der Waals surface area contributed by atoms with E-state index in [9.17, 15) is 4.79 Å². The predicted molar refractivity (Wildman–Crippen MR) is 85.8 cm³/mol. The first-order chi connectivity index (χ1) is 9.63. The Balaban J connectivity index is 2.07. The number of aromatic nitrogens is 2. The van der Waals surface area contributed by atoms with Crippen molar-refractivity contribution in [2.24, 2.45) is 5.92 Å². The minimum Gasteiger partial charge on any atom is -0.368 e. The fourth-order valence-electron chi connectivity index (χ4n) is 2.33. The number of hydrogen-bond acceptors (Lipinski definition) is 4. The van der Waals surface area contributed by atoms with Gasteiger partial charge in [-0.1, -0.05) is 29.3 Å². The summed E-state index contributed by atoms with van der Waals surface area (Å²) in [6.07, 6.45) is 2.87. The summed E-state index contributed by atoms with van der Waals surface area (Å²) >= 11 is 3.48. The number of anilines is 1. The van der Waals surface area contributed by atoms with Crippen molar-refractivity contribution < 1.29 is 0 Å². The molecule has 1 saturated heterocycles. The number of likely N-dealkylation sites (N-methyl/N-ethyl adjacent to an activating group) is 1. The fraction of sp³-hybridized carbons (Fsp3) is 0.714. The van der Waals surface area contributed by atoms with Crippen molar-refractivity contribution in [1.29, 1.82) is 0 Å². The van der Waals surface area contributed by atoms with Crippen molar-refractivity contribution in [3.8, 4) is 0 Å². The molecule has 0 aromatic carbocycles. The van der Waals surface area contributed by atoms with Gasteiger partial charge in [0.1, 0.15) is 0 Å². The van der Waals surface area contributed by atoms with Gasteiger partial charge in [0, 0.05) is 44.1 Å². The highest BCUT2D eigenvalue weighted by Crippen LogP contribution is 2.13. The number of halogens is 1. The molecular formula is C14H23BrN4O. The van der Waals surface area contributed by atoms with Crippen LogP contribution in [-0.2, 0) is 6.54 Å². The van der Waals surface area contributed by atoms with E-state index in [1.807, 2.05) is 6.20 Å². The molecule has 0 saturated carbocycles. The smallest absolute Gasteiger partial charge is 0.268 e. The van der Waals surface area contributed by atoms with E-state index in [2.05, 4.69) is 44.8 Å². The van der Waals surface area contributed by atoms with E-state index >= 15 is 0 Å². The molecule has 1 atom stereocenters. The van der Waals surface area contributed by atoms with Crippen LogP contribution in [0.2, 0.25) is 0 Å². The van der Waals surface area contributed by atoms with Gasteiger partial charge in [-0.25, -0.2) is 4.68 Å². The van der Waals surface area contributed by atoms with Gasteiger partial charge in [0.15, 0.2) is 0 Å². The van der Waals surface area contributed by atoms with Crippen LogP contribution in [0.15, 0.2) is 17.1 Å². The van der Waals surface area contributed by atoms with Gasteiger partial charge in [-0.05, 0) is 13.0 Å². The highest BCUT2D eigenvalue weighted by atomic mass is 79.9. The molecule has 0 bridgehead atoms. The Hall–Kier alpha value is -0.880. The van der Waals surface area contributed by atoms with E-state index in [1.165, 1.54) is 0 Å². The zero-order valence-corrected chi connectivity index (χ0v) is 13.8. The number of rotatable bonds is 5. The molecule has 0 N–H and O–H groups in total. The van der Waals surface area contributed by atoms with Crippen LogP contribution in [0.1, 0.15) is 13.3 Å². The predicted octanol–water partition coefficient (Wildman–Crippen LogP) is 1.42. The van der Waals surface area contributed by atoms with Crippen LogP contribution in [0.5, 0.6) is 0 Å². The van der Waals surface area contributed by atoms with Crippen molar-refractivity contribution in [3.63, 3.8) is 0 Å². The molecule has 1 aliphatic rings. The molecule has 2 rings (SSSR count). The number of hydrogen-bond donors (Lipinski definition) is 0. The van der Waals surface area contributed by atoms with Crippen LogP contribution >= 0.6 is 15.9 Å². The van der Waals surface area contributed by atoms with Crippen LogP contribution in [0, 0.1) is 5.92 Å². The maximum atomic E-state index is 12.2. The van der Waals surface area contributed by atoms with Crippen LogP contribution in [-0.4, -0.2) is 53.2 Å². The highest BCUT2D eigenvalue weighted by Gasteiger charge is 2.16. The van der Waals surface area contributed by atoms with Gasteiger partial charge in [0.25, 0.3) is 5.56 Å². The lowest BCUT2D eigenvalue weighted by atomic mass is 10.1. The van der Waals surface area contributed by atoms with Gasteiger partial charge >= 0.3 is 0 Å². The average Bonchev–Trinajstić information content (AvgIpc) is 2.47. The zero-order chi connectivity index (χ0) is 14.5. The van der Waals surface area contributed by atoms with Gasteiger partial charge in [-0.2, -0.15) is 5.10 Å². The summed E-state index contributed by atoms with van der Waals surface area (Å²) in [5, 5.41) is 5.24. The second kappa shape index (κ2) is 7.22. The molecule has 1 aromatic rings. The second-order valence-corrected chi connectivity index (χ2v) is 6.10. The van der Waals surface area contributed by atoms with Gasteiger partial charge in [-0.3, -0.25) is 4.79 Å². The van der Waals surface area contributed by atoms with Crippen molar-refractivity contribution in [2.45, 2.75) is 19.9 Å². The Bertz CT molecular complexity index is 478. The third kappa shape index (κ3) is 3.82. The molecule has 0 amide bonds. The van der Waals surface area contributed by atoms with Crippen LogP contribution < -0.4 is 10.5 Å². The minimum atomic E-state index is 0.000767. The first-order valence-corrected chi connectivity index (χ1v) is 8.32. The molecule has 1 aliphatic heterocycles. The summed E-state index contributed by atoms with van der Waals surface area (Å²) in [5.74, 6) is 0.453. The van der Waals surface area contributed by atoms with E-state index in [-0.39, 0.29) is 5.56 Å². The minimum absolute atomic E-state index is 0.000767. The molecule has 112 valence electrons. The largest absolute Gasteiger partial charge is 0.368 e. The Morgan fingerprint density at radius 2 is 2.05 bits per heavy atom. The first-order valence-electron chi connectivity index (χ1n) is 7.20. The molecule has 6 heteroatoms. The molecule has 0 radical (unpaired) electrons. The summed E-state index contributed by atoms with van der Waals surface area (Å²) in [4.78, 5) is 16.7. The molecule has 20 heavy (non-hydrogen) atoms. The summed E-state index contributed by atoms with van der Waals surface area (Å²) in [6.45, 7) is 6.80. The highest BCUT2D eigenvalue weighted by molar-refractivity contribution is 9.09.